The molecule has 1 aromatic heterocycles. The van der Waals surface area contributed by atoms with Crippen molar-refractivity contribution in [2.75, 3.05) is 10.6 Å². The second kappa shape index (κ2) is 8.34. The Bertz CT molecular complexity index is 970. The van der Waals surface area contributed by atoms with Crippen LogP contribution in [0, 0.1) is 6.92 Å². The quantitative estimate of drug-likeness (QED) is 0.644. The number of benzene rings is 2. The minimum absolute atomic E-state index is 0.00809. The summed E-state index contributed by atoms with van der Waals surface area (Å²) < 4.78 is 33.7. The molecule has 2 amide bonds. The summed E-state index contributed by atoms with van der Waals surface area (Å²) in [5, 5.41) is 5.35. The van der Waals surface area contributed by atoms with Crippen LogP contribution >= 0.6 is 0 Å². The molecule has 0 aliphatic heterocycles. The molecule has 0 unspecified atom stereocenters. The number of anilines is 2. The second-order valence-electron chi connectivity index (χ2n) is 5.82. The van der Waals surface area contributed by atoms with Gasteiger partial charge in [-0.2, -0.15) is 8.78 Å². The molecular formula is C20H16F2N2O4. The maximum atomic E-state index is 12.5. The summed E-state index contributed by atoms with van der Waals surface area (Å²) in [6.07, 6.45) is 1.39. The van der Waals surface area contributed by atoms with Gasteiger partial charge in [0.1, 0.15) is 5.75 Å². The fourth-order valence-corrected chi connectivity index (χ4v) is 2.41. The minimum atomic E-state index is -2.91. The van der Waals surface area contributed by atoms with Crippen molar-refractivity contribution in [3.05, 3.63) is 77.7 Å². The van der Waals surface area contributed by atoms with Crippen molar-refractivity contribution >= 4 is 23.2 Å². The van der Waals surface area contributed by atoms with E-state index in [1.807, 2.05) is 0 Å². The Balaban J connectivity index is 1.70. The molecule has 0 fully saturated rings. The number of halogens is 2. The standard InChI is InChI=1S/C20H16F2N2O4/c1-12-4-5-13(11-16(12)24-19(26)17-3-2-10-27-17)18(25)23-14-6-8-15(9-7-14)28-20(21)22/h2-11,20H,1H3,(H,23,25)(H,24,26). The minimum Gasteiger partial charge on any atom is -0.459 e. The molecule has 8 heteroatoms. The number of amides is 2. The number of carbonyl (C=O) groups excluding carboxylic acids is 2. The van der Waals surface area contributed by atoms with Gasteiger partial charge in [0.15, 0.2) is 5.76 Å². The van der Waals surface area contributed by atoms with E-state index in [1.165, 1.54) is 36.6 Å². The molecule has 0 aliphatic rings. The van der Waals surface area contributed by atoms with Crippen LogP contribution in [-0.4, -0.2) is 18.4 Å². The zero-order valence-corrected chi connectivity index (χ0v) is 14.7. The van der Waals surface area contributed by atoms with Crippen LogP contribution in [0.15, 0.2) is 65.3 Å². The number of ether oxygens (including phenoxy) is 1. The Hall–Kier alpha value is -3.68. The van der Waals surface area contributed by atoms with Gasteiger partial charge in [-0.25, -0.2) is 0 Å². The van der Waals surface area contributed by atoms with Gasteiger partial charge in [0, 0.05) is 16.9 Å². The number of nitrogens with one attached hydrogen (secondary N) is 2. The predicted molar refractivity (Wildman–Crippen MR) is 98.9 cm³/mol. The number of alkyl halides is 2. The number of hydrogen-bond acceptors (Lipinski definition) is 4. The molecule has 0 saturated carbocycles. The summed E-state index contributed by atoms with van der Waals surface area (Å²) in [5.41, 5.74) is 1.96. The van der Waals surface area contributed by atoms with Crippen molar-refractivity contribution in [1.82, 2.24) is 0 Å². The molecule has 1 heterocycles. The van der Waals surface area contributed by atoms with E-state index in [4.69, 9.17) is 4.42 Å². The van der Waals surface area contributed by atoms with Gasteiger partial charge in [0.25, 0.3) is 11.8 Å². The second-order valence-corrected chi connectivity index (χ2v) is 5.82. The summed E-state index contributed by atoms with van der Waals surface area (Å²) in [4.78, 5) is 24.6. The Morgan fingerprint density at radius 3 is 2.39 bits per heavy atom. The number of aryl methyl sites for hydroxylation is 1. The first-order valence-corrected chi connectivity index (χ1v) is 8.24. The lowest BCUT2D eigenvalue weighted by Crippen LogP contribution is -2.15. The summed E-state index contributed by atoms with van der Waals surface area (Å²) in [5.74, 6) is -0.706. The molecule has 6 nitrogen and oxygen atoms in total. The molecule has 0 saturated heterocycles. The molecule has 3 aromatic rings. The number of furan rings is 1. The van der Waals surface area contributed by atoms with Crippen LogP contribution in [-0.2, 0) is 0 Å². The van der Waals surface area contributed by atoms with Gasteiger partial charge in [0.05, 0.1) is 6.26 Å². The SMILES string of the molecule is Cc1ccc(C(=O)Nc2ccc(OC(F)F)cc2)cc1NC(=O)c1ccco1. The van der Waals surface area contributed by atoms with Gasteiger partial charge >= 0.3 is 6.61 Å². The van der Waals surface area contributed by atoms with Crippen LogP contribution in [0.2, 0.25) is 0 Å². The van der Waals surface area contributed by atoms with Crippen molar-refractivity contribution in [3.8, 4) is 5.75 Å². The monoisotopic (exact) mass is 386 g/mol. The van der Waals surface area contributed by atoms with Gasteiger partial charge < -0.3 is 19.8 Å². The van der Waals surface area contributed by atoms with Gasteiger partial charge in [-0.05, 0) is 61.0 Å². The molecule has 0 spiro atoms. The van der Waals surface area contributed by atoms with Crippen molar-refractivity contribution < 1.29 is 27.5 Å². The highest BCUT2D eigenvalue weighted by Gasteiger charge is 2.13. The van der Waals surface area contributed by atoms with Crippen molar-refractivity contribution in [2.45, 2.75) is 13.5 Å². The summed E-state index contributed by atoms with van der Waals surface area (Å²) >= 11 is 0. The van der Waals surface area contributed by atoms with Crippen LogP contribution in [0.5, 0.6) is 5.75 Å². The maximum absolute atomic E-state index is 12.5. The van der Waals surface area contributed by atoms with Gasteiger partial charge in [-0.15, -0.1) is 0 Å². The molecule has 0 bridgehead atoms. The lowest BCUT2D eigenvalue weighted by atomic mass is 10.1. The van der Waals surface area contributed by atoms with E-state index in [2.05, 4.69) is 15.4 Å². The average Bonchev–Trinajstić information content (AvgIpc) is 3.19. The Kier molecular flexibility index (Phi) is 5.69. The average molecular weight is 386 g/mol. The largest absolute Gasteiger partial charge is 0.459 e. The Morgan fingerprint density at radius 2 is 1.75 bits per heavy atom. The molecule has 2 N–H and O–H groups in total. The molecular weight excluding hydrogens is 370 g/mol. The molecule has 28 heavy (non-hydrogen) atoms. The molecule has 0 aliphatic carbocycles. The van der Waals surface area contributed by atoms with Crippen molar-refractivity contribution in [3.63, 3.8) is 0 Å². The van der Waals surface area contributed by atoms with Crippen molar-refractivity contribution in [1.29, 1.82) is 0 Å². The van der Waals surface area contributed by atoms with Crippen LogP contribution in [0.1, 0.15) is 26.5 Å². The van der Waals surface area contributed by atoms with Gasteiger partial charge in [0.2, 0.25) is 0 Å². The first-order chi connectivity index (χ1) is 13.4. The van der Waals surface area contributed by atoms with E-state index in [9.17, 15) is 18.4 Å². The van der Waals surface area contributed by atoms with Crippen LogP contribution < -0.4 is 15.4 Å². The smallest absolute Gasteiger partial charge is 0.387 e. The Morgan fingerprint density at radius 1 is 1.00 bits per heavy atom. The first-order valence-electron chi connectivity index (χ1n) is 8.24. The van der Waals surface area contributed by atoms with Gasteiger partial charge in [-0.1, -0.05) is 6.07 Å². The first kappa shape index (κ1) is 19.1. The van der Waals surface area contributed by atoms with E-state index in [0.717, 1.165) is 5.56 Å². The zero-order chi connectivity index (χ0) is 20.1. The predicted octanol–water partition coefficient (Wildman–Crippen LogP) is 4.69. The third kappa shape index (κ3) is 4.73. The summed E-state index contributed by atoms with van der Waals surface area (Å²) in [6.45, 7) is -1.12. The van der Waals surface area contributed by atoms with Gasteiger partial charge in [-0.3, -0.25) is 9.59 Å². The summed E-state index contributed by atoms with van der Waals surface area (Å²) in [7, 11) is 0. The van der Waals surface area contributed by atoms with Crippen LogP contribution in [0.4, 0.5) is 20.2 Å². The topological polar surface area (TPSA) is 80.6 Å². The van der Waals surface area contributed by atoms with Crippen LogP contribution in [0.25, 0.3) is 0 Å². The normalized spacial score (nSPS) is 10.6. The highest BCUT2D eigenvalue weighted by Crippen LogP contribution is 2.21. The molecule has 2 aromatic carbocycles. The number of rotatable bonds is 6. The molecule has 0 radical (unpaired) electrons. The fourth-order valence-electron chi connectivity index (χ4n) is 2.41. The highest BCUT2D eigenvalue weighted by molar-refractivity contribution is 6.07. The third-order valence-corrected chi connectivity index (χ3v) is 3.83. The van der Waals surface area contributed by atoms with E-state index < -0.39 is 18.4 Å². The highest BCUT2D eigenvalue weighted by atomic mass is 19.3. The maximum Gasteiger partial charge on any atom is 0.387 e. The molecule has 3 rings (SSSR count). The van der Waals surface area contributed by atoms with E-state index in [-0.39, 0.29) is 11.5 Å². The lowest BCUT2D eigenvalue weighted by molar-refractivity contribution is -0.0498. The fraction of sp³-hybridized carbons (Fsp3) is 0.100. The van der Waals surface area contributed by atoms with E-state index in [1.54, 1.807) is 31.2 Å². The third-order valence-electron chi connectivity index (χ3n) is 3.83. The molecule has 0 atom stereocenters. The summed E-state index contributed by atoms with van der Waals surface area (Å²) in [6, 6.07) is 13.5. The van der Waals surface area contributed by atoms with Crippen LogP contribution in [0.3, 0.4) is 0 Å². The molecule has 144 valence electrons. The van der Waals surface area contributed by atoms with Crippen molar-refractivity contribution in [2.24, 2.45) is 0 Å². The Labute approximate surface area is 159 Å². The number of carbonyl (C=O) groups is 2. The van der Waals surface area contributed by atoms with E-state index >= 15 is 0 Å². The number of hydrogen-bond donors (Lipinski definition) is 2. The lowest BCUT2D eigenvalue weighted by Gasteiger charge is -2.11. The zero-order valence-electron chi connectivity index (χ0n) is 14.7. The van der Waals surface area contributed by atoms with E-state index in [0.29, 0.717) is 16.9 Å².